The van der Waals surface area contributed by atoms with Crippen LogP contribution in [0, 0.1) is 0 Å². The van der Waals surface area contributed by atoms with E-state index < -0.39 is 17.8 Å². The number of benzene rings is 2. The number of carbonyl (C=O) groups is 3. The highest BCUT2D eigenvalue weighted by Gasteiger charge is 2.36. The van der Waals surface area contributed by atoms with Crippen LogP contribution in [-0.2, 0) is 16.0 Å². The topological polar surface area (TPSA) is 94.2 Å². The molecule has 34 heavy (non-hydrogen) atoms. The molecule has 0 saturated carbocycles. The lowest BCUT2D eigenvalue weighted by molar-refractivity contribution is -0.122. The summed E-state index contributed by atoms with van der Waals surface area (Å²) in [5, 5.41) is 2.22. The van der Waals surface area contributed by atoms with Crippen molar-refractivity contribution in [2.24, 2.45) is 0 Å². The lowest BCUT2D eigenvalue weighted by Crippen LogP contribution is -2.54. The molecule has 1 saturated heterocycles. The van der Waals surface area contributed by atoms with Crippen LogP contribution in [0.2, 0.25) is 0 Å². The zero-order chi connectivity index (χ0) is 24.7. The molecule has 1 aliphatic rings. The molecule has 0 spiro atoms. The molecule has 0 radical (unpaired) electrons. The number of rotatable bonds is 10. The van der Waals surface area contributed by atoms with E-state index in [1.807, 2.05) is 6.92 Å². The molecular weight excluding hydrogens is 436 g/mol. The number of hydrogen-bond acceptors (Lipinski definition) is 6. The van der Waals surface area contributed by atoms with Gasteiger partial charge in [-0.15, -0.1) is 6.58 Å². The van der Waals surface area contributed by atoms with Crippen molar-refractivity contribution in [3.05, 3.63) is 78.4 Å². The van der Waals surface area contributed by atoms with Crippen molar-refractivity contribution >= 4 is 29.6 Å². The molecule has 0 aliphatic carbocycles. The quantitative estimate of drug-likeness (QED) is 0.325. The average Bonchev–Trinajstić information content (AvgIpc) is 2.82. The summed E-state index contributed by atoms with van der Waals surface area (Å²) in [6.07, 6.45) is 5.21. The fourth-order valence-corrected chi connectivity index (χ4v) is 3.45. The second kappa shape index (κ2) is 11.0. The van der Waals surface area contributed by atoms with Gasteiger partial charge in [0.05, 0.1) is 19.4 Å². The van der Waals surface area contributed by atoms with Crippen molar-refractivity contribution in [2.45, 2.75) is 13.3 Å². The highest BCUT2D eigenvalue weighted by Crippen LogP contribution is 2.35. The molecule has 3 rings (SSSR count). The van der Waals surface area contributed by atoms with Crippen molar-refractivity contribution in [1.82, 2.24) is 5.32 Å². The highest BCUT2D eigenvalue weighted by atomic mass is 16.5. The van der Waals surface area contributed by atoms with E-state index in [1.165, 1.54) is 13.2 Å². The number of methoxy groups -OCH3 is 1. The van der Waals surface area contributed by atoms with Crippen molar-refractivity contribution in [2.75, 3.05) is 25.2 Å². The fraction of sp³-hybridized carbons (Fsp3) is 0.192. The summed E-state index contributed by atoms with van der Waals surface area (Å²) in [5.41, 5.74) is 1.40. The number of nitrogens with one attached hydrogen (secondary N) is 1. The van der Waals surface area contributed by atoms with Gasteiger partial charge in [0, 0.05) is 5.56 Å². The summed E-state index contributed by atoms with van der Waals surface area (Å²) < 4.78 is 16.6. The van der Waals surface area contributed by atoms with Crippen LogP contribution in [-0.4, -0.2) is 38.2 Å². The summed E-state index contributed by atoms with van der Waals surface area (Å²) in [4.78, 5) is 39.1. The third-order valence-electron chi connectivity index (χ3n) is 4.90. The first-order valence-corrected chi connectivity index (χ1v) is 10.6. The van der Waals surface area contributed by atoms with Crippen LogP contribution in [0.15, 0.2) is 67.3 Å². The van der Waals surface area contributed by atoms with Gasteiger partial charge in [-0.25, -0.2) is 9.69 Å². The maximum atomic E-state index is 13.2. The van der Waals surface area contributed by atoms with Gasteiger partial charge in [0.2, 0.25) is 0 Å². The van der Waals surface area contributed by atoms with Crippen LogP contribution in [0.5, 0.6) is 17.2 Å². The largest absolute Gasteiger partial charge is 0.494 e. The van der Waals surface area contributed by atoms with E-state index in [-0.39, 0.29) is 12.2 Å². The SMILES string of the molecule is C=CCOc1c(CC=C)cc(/C=C2\C(=O)NC(=O)N(c3ccc(OCC)cc3)C2=O)cc1OC. The second-order valence-corrected chi connectivity index (χ2v) is 7.19. The summed E-state index contributed by atoms with van der Waals surface area (Å²) in [6.45, 7) is 10.0. The smallest absolute Gasteiger partial charge is 0.335 e. The number of carbonyl (C=O) groups excluding carboxylic acids is 3. The van der Waals surface area contributed by atoms with Gasteiger partial charge in [0.25, 0.3) is 11.8 Å². The van der Waals surface area contributed by atoms with Crippen LogP contribution in [0.4, 0.5) is 10.5 Å². The first-order chi connectivity index (χ1) is 16.4. The molecule has 0 aromatic heterocycles. The zero-order valence-electron chi connectivity index (χ0n) is 19.1. The Balaban J connectivity index is 2.01. The lowest BCUT2D eigenvalue weighted by atomic mass is 10.0. The number of ether oxygens (including phenoxy) is 3. The summed E-state index contributed by atoms with van der Waals surface area (Å²) in [7, 11) is 1.50. The predicted molar refractivity (Wildman–Crippen MR) is 129 cm³/mol. The molecule has 1 N–H and O–H groups in total. The van der Waals surface area contributed by atoms with Gasteiger partial charge in [-0.05, 0) is 61.4 Å². The van der Waals surface area contributed by atoms with Gasteiger partial charge in [-0.2, -0.15) is 0 Å². The molecule has 4 amide bonds. The minimum absolute atomic E-state index is 0.195. The Morgan fingerprint density at radius 3 is 2.38 bits per heavy atom. The van der Waals surface area contributed by atoms with E-state index in [4.69, 9.17) is 14.2 Å². The van der Waals surface area contributed by atoms with Gasteiger partial charge < -0.3 is 14.2 Å². The van der Waals surface area contributed by atoms with Crippen LogP contribution in [0.25, 0.3) is 6.08 Å². The van der Waals surface area contributed by atoms with Crippen LogP contribution >= 0.6 is 0 Å². The lowest BCUT2D eigenvalue weighted by Gasteiger charge is -2.26. The van der Waals surface area contributed by atoms with E-state index in [1.54, 1.807) is 48.6 Å². The molecule has 2 aromatic carbocycles. The van der Waals surface area contributed by atoms with Gasteiger partial charge in [0.15, 0.2) is 11.5 Å². The van der Waals surface area contributed by atoms with Crippen molar-refractivity contribution in [3.63, 3.8) is 0 Å². The summed E-state index contributed by atoms with van der Waals surface area (Å²) >= 11 is 0. The molecule has 8 heteroatoms. The van der Waals surface area contributed by atoms with Crippen LogP contribution in [0.1, 0.15) is 18.1 Å². The average molecular weight is 463 g/mol. The Kier molecular flexibility index (Phi) is 7.87. The van der Waals surface area contributed by atoms with E-state index in [0.29, 0.717) is 41.5 Å². The number of allylic oxidation sites excluding steroid dienone is 1. The van der Waals surface area contributed by atoms with Crippen molar-refractivity contribution in [1.29, 1.82) is 0 Å². The minimum Gasteiger partial charge on any atom is -0.494 e. The maximum absolute atomic E-state index is 13.2. The maximum Gasteiger partial charge on any atom is 0.335 e. The molecule has 176 valence electrons. The van der Waals surface area contributed by atoms with E-state index in [9.17, 15) is 14.4 Å². The summed E-state index contributed by atoms with van der Waals surface area (Å²) in [6, 6.07) is 9.04. The number of nitrogens with zero attached hydrogens (tertiary/aromatic N) is 1. The Hall–Kier alpha value is -4.33. The Bertz CT molecular complexity index is 1150. The molecule has 1 aliphatic heterocycles. The molecule has 0 bridgehead atoms. The van der Waals surface area contributed by atoms with Crippen molar-refractivity contribution in [3.8, 4) is 17.2 Å². The number of hydrogen-bond donors (Lipinski definition) is 1. The highest BCUT2D eigenvalue weighted by molar-refractivity contribution is 6.39. The Morgan fingerprint density at radius 2 is 1.76 bits per heavy atom. The molecule has 0 atom stereocenters. The molecular formula is C26H26N2O6. The van der Waals surface area contributed by atoms with Crippen LogP contribution < -0.4 is 24.4 Å². The number of imide groups is 2. The third-order valence-corrected chi connectivity index (χ3v) is 4.90. The molecule has 1 fully saturated rings. The van der Waals surface area contributed by atoms with E-state index in [2.05, 4.69) is 18.5 Å². The van der Waals surface area contributed by atoms with Gasteiger partial charge in [-0.3, -0.25) is 14.9 Å². The molecule has 2 aromatic rings. The number of barbiturate groups is 1. The zero-order valence-corrected chi connectivity index (χ0v) is 19.1. The standard InChI is InChI=1S/C26H26N2O6/c1-5-8-18-14-17(16-22(32-4)23(18)34-13-6-2)15-21-24(29)27-26(31)28(25(21)30)19-9-11-20(12-10-19)33-7-3/h5-6,9-12,14-16H,1-2,7-8,13H2,3-4H3,(H,27,29,31)/b21-15+. The van der Waals surface area contributed by atoms with Gasteiger partial charge in [-0.1, -0.05) is 18.7 Å². The van der Waals surface area contributed by atoms with Gasteiger partial charge >= 0.3 is 6.03 Å². The van der Waals surface area contributed by atoms with Gasteiger partial charge in [0.1, 0.15) is 17.9 Å². The van der Waals surface area contributed by atoms with E-state index >= 15 is 0 Å². The molecule has 1 heterocycles. The van der Waals surface area contributed by atoms with Crippen molar-refractivity contribution < 1.29 is 28.6 Å². The monoisotopic (exact) mass is 462 g/mol. The van der Waals surface area contributed by atoms with E-state index in [0.717, 1.165) is 10.5 Å². The Labute approximate surface area is 198 Å². The minimum atomic E-state index is -0.825. The number of amides is 4. The first-order valence-electron chi connectivity index (χ1n) is 10.6. The number of urea groups is 1. The first kappa shape index (κ1) is 24.3. The summed E-state index contributed by atoms with van der Waals surface area (Å²) in [5.74, 6) is 0.0253. The third kappa shape index (κ3) is 5.17. The Morgan fingerprint density at radius 1 is 1.03 bits per heavy atom. The fourth-order valence-electron chi connectivity index (χ4n) is 3.45. The second-order valence-electron chi connectivity index (χ2n) is 7.19. The van der Waals surface area contributed by atoms with Crippen LogP contribution in [0.3, 0.4) is 0 Å². The number of anilines is 1. The molecule has 8 nitrogen and oxygen atoms in total. The predicted octanol–water partition coefficient (Wildman–Crippen LogP) is 4.05. The molecule has 0 unspecified atom stereocenters. The normalized spacial score (nSPS) is 14.6.